The van der Waals surface area contributed by atoms with Crippen LogP contribution < -0.4 is 5.32 Å². The first-order valence-corrected chi connectivity index (χ1v) is 8.11. The molecule has 0 saturated heterocycles. The Morgan fingerprint density at radius 3 is 3.00 bits per heavy atom. The first-order chi connectivity index (χ1) is 10.1. The fraction of sp³-hybridized carbons (Fsp3) is 0.467. The number of hydrogen-bond acceptors (Lipinski definition) is 4. The van der Waals surface area contributed by atoms with Crippen LogP contribution in [-0.4, -0.2) is 41.6 Å². The van der Waals surface area contributed by atoms with E-state index in [0.29, 0.717) is 18.2 Å². The van der Waals surface area contributed by atoms with E-state index in [2.05, 4.69) is 37.2 Å². The lowest BCUT2D eigenvalue weighted by atomic mass is 10.1. The summed E-state index contributed by atoms with van der Waals surface area (Å²) in [5.74, 6) is 0.472. The van der Waals surface area contributed by atoms with Gasteiger partial charge in [-0.1, -0.05) is 0 Å². The predicted molar refractivity (Wildman–Crippen MR) is 83.6 cm³/mol. The molecule has 1 saturated carbocycles. The Labute approximate surface area is 128 Å². The molecule has 3 rings (SSSR count). The van der Waals surface area contributed by atoms with E-state index < -0.39 is 0 Å². The monoisotopic (exact) mass is 304 g/mol. The summed E-state index contributed by atoms with van der Waals surface area (Å²) in [5, 5.41) is 14.2. The quantitative estimate of drug-likeness (QED) is 0.861. The topological polar surface area (TPSA) is 61.0 Å². The van der Waals surface area contributed by atoms with Gasteiger partial charge in [0.05, 0.1) is 6.04 Å². The van der Waals surface area contributed by atoms with Gasteiger partial charge in [-0.25, -0.2) is 0 Å². The molecule has 1 fully saturated rings. The molecule has 1 aliphatic rings. The van der Waals surface area contributed by atoms with Gasteiger partial charge in [0.15, 0.2) is 0 Å². The molecule has 5 nitrogen and oxygen atoms in total. The summed E-state index contributed by atoms with van der Waals surface area (Å²) in [6.45, 7) is 0.578. The molecule has 1 atom stereocenters. The van der Waals surface area contributed by atoms with Crippen LogP contribution in [0.25, 0.3) is 0 Å². The predicted octanol–water partition coefficient (Wildman–Crippen LogP) is 2.38. The van der Waals surface area contributed by atoms with Crippen LogP contribution in [0.15, 0.2) is 22.9 Å². The van der Waals surface area contributed by atoms with E-state index in [1.165, 1.54) is 18.4 Å². The normalized spacial score (nSPS) is 16.1. The van der Waals surface area contributed by atoms with Gasteiger partial charge in [-0.15, -0.1) is 0 Å². The number of H-pyrrole nitrogens is 1. The summed E-state index contributed by atoms with van der Waals surface area (Å²) in [7, 11) is 4.04. The molecule has 0 spiro atoms. The van der Waals surface area contributed by atoms with Gasteiger partial charge in [-0.2, -0.15) is 16.4 Å². The molecule has 1 aliphatic carbocycles. The van der Waals surface area contributed by atoms with Gasteiger partial charge in [-0.05, 0) is 55.4 Å². The number of rotatable bonds is 6. The van der Waals surface area contributed by atoms with Crippen molar-refractivity contribution in [1.82, 2.24) is 20.4 Å². The molecule has 2 aromatic heterocycles. The molecule has 0 bridgehead atoms. The van der Waals surface area contributed by atoms with Gasteiger partial charge in [0.2, 0.25) is 0 Å². The Balaban J connectivity index is 1.60. The maximum absolute atomic E-state index is 12.2. The minimum atomic E-state index is -0.111. The molecule has 0 aromatic carbocycles. The molecular weight excluding hydrogens is 284 g/mol. The zero-order chi connectivity index (χ0) is 14.8. The molecule has 2 heterocycles. The molecule has 0 unspecified atom stereocenters. The van der Waals surface area contributed by atoms with Crippen molar-refractivity contribution in [1.29, 1.82) is 0 Å². The minimum Gasteiger partial charge on any atom is -0.349 e. The van der Waals surface area contributed by atoms with Crippen molar-refractivity contribution < 1.29 is 4.79 Å². The van der Waals surface area contributed by atoms with E-state index >= 15 is 0 Å². The van der Waals surface area contributed by atoms with Gasteiger partial charge >= 0.3 is 0 Å². The van der Waals surface area contributed by atoms with Crippen LogP contribution in [0.2, 0.25) is 0 Å². The average Bonchev–Trinajstić information content (AvgIpc) is 2.98. The van der Waals surface area contributed by atoms with E-state index in [4.69, 9.17) is 0 Å². The van der Waals surface area contributed by atoms with Crippen molar-refractivity contribution in [3.05, 3.63) is 39.8 Å². The highest BCUT2D eigenvalue weighted by Crippen LogP contribution is 2.38. The van der Waals surface area contributed by atoms with Gasteiger partial charge in [0, 0.05) is 18.2 Å². The number of carbonyl (C=O) groups is 1. The summed E-state index contributed by atoms with van der Waals surface area (Å²) in [6, 6.07) is 4.16. The van der Waals surface area contributed by atoms with E-state index in [0.717, 1.165) is 5.69 Å². The van der Waals surface area contributed by atoms with Crippen molar-refractivity contribution in [3.63, 3.8) is 0 Å². The Hall–Kier alpha value is -1.66. The van der Waals surface area contributed by atoms with Gasteiger partial charge in [0.1, 0.15) is 5.69 Å². The number of aromatic amines is 1. The molecule has 21 heavy (non-hydrogen) atoms. The largest absolute Gasteiger partial charge is 0.349 e. The Morgan fingerprint density at radius 1 is 1.57 bits per heavy atom. The number of nitrogens with one attached hydrogen (secondary N) is 2. The van der Waals surface area contributed by atoms with E-state index in [1.54, 1.807) is 11.3 Å². The summed E-state index contributed by atoms with van der Waals surface area (Å²) in [5.41, 5.74) is 2.80. The first kappa shape index (κ1) is 14.3. The van der Waals surface area contributed by atoms with Crippen LogP contribution in [0.1, 0.15) is 46.5 Å². The van der Waals surface area contributed by atoms with E-state index in [1.807, 2.05) is 20.2 Å². The molecule has 0 aliphatic heterocycles. The van der Waals surface area contributed by atoms with E-state index in [9.17, 15) is 4.79 Å². The lowest BCUT2D eigenvalue weighted by Crippen LogP contribution is -2.34. The van der Waals surface area contributed by atoms with Crippen LogP contribution in [0.4, 0.5) is 0 Å². The van der Waals surface area contributed by atoms with Crippen molar-refractivity contribution >= 4 is 17.2 Å². The highest BCUT2D eigenvalue weighted by Gasteiger charge is 2.26. The van der Waals surface area contributed by atoms with Crippen LogP contribution in [-0.2, 0) is 0 Å². The van der Waals surface area contributed by atoms with Crippen LogP contribution in [0, 0.1) is 0 Å². The fourth-order valence-electron chi connectivity index (χ4n) is 2.40. The Bertz CT molecular complexity index is 601. The van der Waals surface area contributed by atoms with Gasteiger partial charge in [0.25, 0.3) is 5.91 Å². The third-order valence-corrected chi connectivity index (χ3v) is 4.56. The molecule has 1 amide bonds. The zero-order valence-electron chi connectivity index (χ0n) is 12.3. The second kappa shape index (κ2) is 5.99. The number of hydrogen-bond donors (Lipinski definition) is 2. The molecule has 2 aromatic rings. The van der Waals surface area contributed by atoms with Crippen LogP contribution in [0.5, 0.6) is 0 Å². The van der Waals surface area contributed by atoms with Crippen molar-refractivity contribution in [2.24, 2.45) is 0 Å². The number of amides is 1. The third kappa shape index (κ3) is 3.33. The van der Waals surface area contributed by atoms with Crippen molar-refractivity contribution in [2.75, 3.05) is 20.6 Å². The highest BCUT2D eigenvalue weighted by atomic mass is 32.1. The van der Waals surface area contributed by atoms with Crippen molar-refractivity contribution in [2.45, 2.75) is 24.8 Å². The minimum absolute atomic E-state index is 0.111. The maximum Gasteiger partial charge on any atom is 0.271 e. The standard InChI is InChI=1S/C15H20N4OS/c1-19(2)14(11-5-6-21-9-11)8-16-15(20)13-7-12(17-18-13)10-3-4-10/h5-7,9-10,14H,3-4,8H2,1-2H3,(H,16,20)(H,17,18)/t14-/m1/s1. The number of carbonyl (C=O) groups excluding carboxylic acids is 1. The Morgan fingerprint density at radius 2 is 2.38 bits per heavy atom. The molecular formula is C15H20N4OS. The number of nitrogens with zero attached hydrogens (tertiary/aromatic N) is 2. The third-order valence-electron chi connectivity index (χ3n) is 3.85. The Kier molecular flexibility index (Phi) is 4.07. The number of likely N-dealkylation sites (N-methyl/N-ethyl adjacent to an activating group) is 1. The first-order valence-electron chi connectivity index (χ1n) is 7.17. The van der Waals surface area contributed by atoms with Gasteiger partial charge in [-0.3, -0.25) is 9.89 Å². The second-order valence-corrected chi connectivity index (χ2v) is 6.51. The zero-order valence-corrected chi connectivity index (χ0v) is 13.1. The fourth-order valence-corrected chi connectivity index (χ4v) is 3.11. The van der Waals surface area contributed by atoms with E-state index in [-0.39, 0.29) is 11.9 Å². The average molecular weight is 304 g/mol. The second-order valence-electron chi connectivity index (χ2n) is 5.73. The number of aromatic nitrogens is 2. The molecule has 0 radical (unpaired) electrons. The SMILES string of the molecule is CN(C)[C@H](CNC(=O)c1cc(C2CC2)[nH]n1)c1ccsc1. The molecule has 6 heteroatoms. The van der Waals surface area contributed by atoms with Crippen molar-refractivity contribution in [3.8, 4) is 0 Å². The lowest BCUT2D eigenvalue weighted by Gasteiger charge is -2.23. The smallest absolute Gasteiger partial charge is 0.271 e. The molecule has 112 valence electrons. The van der Waals surface area contributed by atoms with Crippen LogP contribution in [0.3, 0.4) is 0 Å². The lowest BCUT2D eigenvalue weighted by molar-refractivity contribution is 0.0937. The summed E-state index contributed by atoms with van der Waals surface area (Å²) in [4.78, 5) is 14.3. The number of thiophene rings is 1. The summed E-state index contributed by atoms with van der Waals surface area (Å²) >= 11 is 1.67. The maximum atomic E-state index is 12.2. The van der Waals surface area contributed by atoms with Crippen LogP contribution >= 0.6 is 11.3 Å². The summed E-state index contributed by atoms with van der Waals surface area (Å²) in [6.07, 6.45) is 2.40. The summed E-state index contributed by atoms with van der Waals surface area (Å²) < 4.78 is 0. The highest BCUT2D eigenvalue weighted by molar-refractivity contribution is 7.07. The molecule has 2 N–H and O–H groups in total. The van der Waals surface area contributed by atoms with Gasteiger partial charge < -0.3 is 10.2 Å².